The lowest BCUT2D eigenvalue weighted by atomic mass is 10.0. The summed E-state index contributed by atoms with van der Waals surface area (Å²) in [5.74, 6) is -0.720. The number of hydrogen-bond donors (Lipinski definition) is 2. The van der Waals surface area contributed by atoms with Gasteiger partial charge in [0.1, 0.15) is 17.4 Å². The van der Waals surface area contributed by atoms with E-state index in [9.17, 15) is 18.0 Å². The molecular weight excluding hydrogens is 436 g/mol. The first-order valence-electron chi connectivity index (χ1n) is 10.3. The summed E-state index contributed by atoms with van der Waals surface area (Å²) in [5, 5.41) is 9.27. The van der Waals surface area contributed by atoms with Crippen molar-refractivity contribution in [2.75, 3.05) is 31.6 Å². The van der Waals surface area contributed by atoms with Crippen LogP contribution in [0.1, 0.15) is 35.7 Å². The molecule has 2 aromatic rings. The molecule has 1 aromatic carbocycles. The van der Waals surface area contributed by atoms with Gasteiger partial charge in [-0.3, -0.25) is 9.59 Å². The lowest BCUT2D eigenvalue weighted by Crippen LogP contribution is -2.47. The Morgan fingerprint density at radius 3 is 2.44 bits per heavy atom. The van der Waals surface area contributed by atoms with Gasteiger partial charge in [-0.25, -0.2) is 8.42 Å². The van der Waals surface area contributed by atoms with Crippen molar-refractivity contribution in [1.29, 1.82) is 0 Å². The van der Waals surface area contributed by atoms with Crippen LogP contribution in [0.2, 0.25) is 0 Å². The molecule has 0 aliphatic carbocycles. The molecule has 0 bridgehead atoms. The third-order valence-corrected chi connectivity index (χ3v) is 7.12. The van der Waals surface area contributed by atoms with E-state index in [0.717, 1.165) is 0 Å². The Bertz CT molecular complexity index is 1070. The predicted octanol–water partition coefficient (Wildman–Crippen LogP) is 1.71. The number of aromatic nitrogens is 1. The van der Waals surface area contributed by atoms with Crippen LogP contribution in [-0.4, -0.2) is 62.0 Å². The predicted molar refractivity (Wildman–Crippen MR) is 117 cm³/mol. The van der Waals surface area contributed by atoms with Gasteiger partial charge in [-0.1, -0.05) is 25.1 Å². The third kappa shape index (κ3) is 5.17. The minimum absolute atomic E-state index is 0.0216. The molecule has 1 aliphatic heterocycles. The number of carbonyl (C=O) groups excluding carboxylic acids is 2. The summed E-state index contributed by atoms with van der Waals surface area (Å²) in [6.07, 6.45) is 0. The Labute approximate surface area is 187 Å². The highest BCUT2D eigenvalue weighted by molar-refractivity contribution is 7.89. The number of ether oxygens (including phenoxy) is 1. The molecule has 2 heterocycles. The normalized spacial score (nSPS) is 16.0. The Hall–Kier alpha value is -2.76. The van der Waals surface area contributed by atoms with Gasteiger partial charge in [0.15, 0.2) is 5.76 Å². The van der Waals surface area contributed by atoms with E-state index in [2.05, 4.69) is 15.8 Å². The number of anilines is 1. The molecule has 1 fully saturated rings. The van der Waals surface area contributed by atoms with Crippen LogP contribution < -0.4 is 10.6 Å². The quantitative estimate of drug-likeness (QED) is 0.638. The molecule has 0 radical (unpaired) electrons. The van der Waals surface area contributed by atoms with E-state index in [1.165, 1.54) is 28.6 Å². The number of nitrogens with zero attached hydrogens (tertiary/aromatic N) is 2. The molecule has 2 N–H and O–H groups in total. The first kappa shape index (κ1) is 23.9. The highest BCUT2D eigenvalue weighted by Gasteiger charge is 2.29. The maximum absolute atomic E-state index is 12.9. The average molecular weight is 465 g/mol. The molecule has 10 nitrogen and oxygen atoms in total. The van der Waals surface area contributed by atoms with Gasteiger partial charge in [-0.05, 0) is 38.0 Å². The zero-order valence-electron chi connectivity index (χ0n) is 18.5. The number of nitrogens with one attached hydrogen (secondary N) is 2. The number of carbonyl (C=O) groups is 2. The van der Waals surface area contributed by atoms with Crippen molar-refractivity contribution in [1.82, 2.24) is 14.8 Å². The van der Waals surface area contributed by atoms with Crippen molar-refractivity contribution in [2.24, 2.45) is 5.92 Å². The van der Waals surface area contributed by atoms with Gasteiger partial charge in [0.2, 0.25) is 15.9 Å². The van der Waals surface area contributed by atoms with E-state index in [4.69, 9.17) is 9.26 Å². The van der Waals surface area contributed by atoms with E-state index in [1.807, 2.05) is 0 Å². The van der Waals surface area contributed by atoms with Crippen LogP contribution in [-0.2, 0) is 19.6 Å². The van der Waals surface area contributed by atoms with Crippen LogP contribution in [0.5, 0.6) is 0 Å². The molecule has 1 atom stereocenters. The van der Waals surface area contributed by atoms with Gasteiger partial charge >= 0.3 is 0 Å². The summed E-state index contributed by atoms with van der Waals surface area (Å²) in [5.41, 5.74) is 1.15. The fraction of sp³-hybridized carbons (Fsp3) is 0.476. The molecule has 1 aliphatic rings. The topological polar surface area (TPSA) is 131 Å². The van der Waals surface area contributed by atoms with Crippen LogP contribution in [0.4, 0.5) is 5.69 Å². The van der Waals surface area contributed by atoms with Crippen molar-refractivity contribution in [3.8, 4) is 0 Å². The Morgan fingerprint density at radius 1 is 1.16 bits per heavy atom. The Kier molecular flexibility index (Phi) is 7.32. The Morgan fingerprint density at radius 2 is 1.84 bits per heavy atom. The third-order valence-electron chi connectivity index (χ3n) is 5.22. The maximum atomic E-state index is 12.9. The highest BCUT2D eigenvalue weighted by atomic mass is 32.2. The summed E-state index contributed by atoms with van der Waals surface area (Å²) < 4.78 is 37.4. The smallest absolute Gasteiger partial charge is 0.251 e. The SMILES string of the molecule is Cc1noc(C)c1NC(=O)C(NC(=O)c1cccc(S(=O)(=O)N2CCOCC2)c1)C(C)C. The minimum Gasteiger partial charge on any atom is -0.379 e. The summed E-state index contributed by atoms with van der Waals surface area (Å²) in [4.78, 5) is 25.8. The van der Waals surface area contributed by atoms with Gasteiger partial charge in [-0.15, -0.1) is 0 Å². The van der Waals surface area contributed by atoms with Crippen molar-refractivity contribution in [2.45, 2.75) is 38.6 Å². The van der Waals surface area contributed by atoms with Crippen molar-refractivity contribution < 1.29 is 27.3 Å². The summed E-state index contributed by atoms with van der Waals surface area (Å²) in [6.45, 7) is 8.17. The van der Waals surface area contributed by atoms with Crippen LogP contribution in [0.15, 0.2) is 33.7 Å². The van der Waals surface area contributed by atoms with Gasteiger partial charge in [0.25, 0.3) is 5.91 Å². The fourth-order valence-corrected chi connectivity index (χ4v) is 4.81. The number of rotatable bonds is 7. The monoisotopic (exact) mass is 464 g/mol. The molecule has 2 amide bonds. The van der Waals surface area contributed by atoms with E-state index in [0.29, 0.717) is 30.4 Å². The summed E-state index contributed by atoms with van der Waals surface area (Å²) in [7, 11) is -3.75. The van der Waals surface area contributed by atoms with Gasteiger partial charge in [0.05, 0.1) is 18.1 Å². The van der Waals surface area contributed by atoms with E-state index >= 15 is 0 Å². The number of sulfonamides is 1. The lowest BCUT2D eigenvalue weighted by molar-refractivity contribution is -0.118. The van der Waals surface area contributed by atoms with Gasteiger partial charge in [-0.2, -0.15) is 4.31 Å². The fourth-order valence-electron chi connectivity index (χ4n) is 3.36. The molecule has 1 saturated heterocycles. The van der Waals surface area contributed by atoms with Crippen LogP contribution >= 0.6 is 0 Å². The number of morpholine rings is 1. The maximum Gasteiger partial charge on any atom is 0.251 e. The highest BCUT2D eigenvalue weighted by Crippen LogP contribution is 2.21. The second kappa shape index (κ2) is 9.80. The molecule has 174 valence electrons. The second-order valence-corrected chi connectivity index (χ2v) is 9.87. The van der Waals surface area contributed by atoms with Crippen molar-refractivity contribution in [3.63, 3.8) is 0 Å². The first-order valence-corrected chi connectivity index (χ1v) is 11.8. The molecule has 0 saturated carbocycles. The molecule has 0 spiro atoms. The van der Waals surface area contributed by atoms with Crippen LogP contribution in [0, 0.1) is 19.8 Å². The average Bonchev–Trinajstić information content (AvgIpc) is 3.09. The zero-order valence-corrected chi connectivity index (χ0v) is 19.4. The van der Waals surface area contributed by atoms with Crippen LogP contribution in [0.25, 0.3) is 0 Å². The summed E-state index contributed by atoms with van der Waals surface area (Å²) in [6, 6.07) is 4.94. The van der Waals surface area contributed by atoms with E-state index in [1.54, 1.807) is 27.7 Å². The molecule has 32 heavy (non-hydrogen) atoms. The van der Waals surface area contributed by atoms with Gasteiger partial charge in [0, 0.05) is 18.7 Å². The lowest BCUT2D eigenvalue weighted by Gasteiger charge is -2.26. The molecule has 11 heteroatoms. The second-order valence-electron chi connectivity index (χ2n) is 7.93. The number of hydrogen-bond acceptors (Lipinski definition) is 7. The number of amides is 2. The molecule has 3 rings (SSSR count). The van der Waals surface area contributed by atoms with Gasteiger partial charge < -0.3 is 19.9 Å². The number of aryl methyl sites for hydroxylation is 2. The first-order chi connectivity index (χ1) is 15.1. The van der Waals surface area contributed by atoms with Crippen molar-refractivity contribution in [3.05, 3.63) is 41.3 Å². The molecular formula is C21H28N4O6S. The largest absolute Gasteiger partial charge is 0.379 e. The molecule has 1 aromatic heterocycles. The summed E-state index contributed by atoms with van der Waals surface area (Å²) >= 11 is 0. The minimum atomic E-state index is -3.75. The van der Waals surface area contributed by atoms with Crippen LogP contribution in [0.3, 0.4) is 0 Å². The Balaban J connectivity index is 1.77. The number of benzene rings is 1. The van der Waals surface area contributed by atoms with Crippen molar-refractivity contribution >= 4 is 27.5 Å². The standard InChI is InChI=1S/C21H28N4O6S/c1-13(2)18(21(27)23-19-14(3)24-31-15(19)4)22-20(26)16-6-5-7-17(12-16)32(28,29)25-8-10-30-11-9-25/h5-7,12-13,18H,8-11H2,1-4H3,(H,22,26)(H,23,27). The van der Waals surface area contributed by atoms with E-state index in [-0.39, 0.29) is 29.5 Å². The molecule has 1 unspecified atom stereocenters. The zero-order chi connectivity index (χ0) is 23.5. The van der Waals surface area contributed by atoms with E-state index < -0.39 is 27.9 Å².